The molecule has 0 fully saturated rings. The van der Waals surface area contributed by atoms with E-state index in [-0.39, 0.29) is 11.8 Å². The third-order valence-electron chi connectivity index (χ3n) is 4.30. The minimum Gasteiger partial charge on any atom is -0.379 e. The van der Waals surface area contributed by atoms with Crippen molar-refractivity contribution in [1.29, 1.82) is 0 Å². The molecule has 0 aromatic heterocycles. The van der Waals surface area contributed by atoms with Gasteiger partial charge in [-0.2, -0.15) is 0 Å². The van der Waals surface area contributed by atoms with E-state index < -0.39 is 0 Å². The minimum atomic E-state index is -0.164. The van der Waals surface area contributed by atoms with E-state index in [0.717, 1.165) is 24.9 Å². The molecular formula is C23H37N3O6S2. The lowest BCUT2D eigenvalue weighted by molar-refractivity contribution is -0.120. The molecule has 0 unspecified atom stereocenters. The number of benzene rings is 1. The average Bonchev–Trinajstić information content (AvgIpc) is 2.86. The minimum absolute atomic E-state index is 0.0261. The molecule has 0 saturated carbocycles. The number of hydrogen-bond donors (Lipinski definition) is 3. The van der Waals surface area contributed by atoms with E-state index >= 15 is 0 Å². The molecule has 0 bridgehead atoms. The first kappa shape index (κ1) is 30.4. The SMILES string of the molecule is NCCCOCCOCCOCCCNC(=O)CCSSCCNC(=O)c1ccc(C=O)cc1. The molecule has 1 aromatic rings. The van der Waals surface area contributed by atoms with Gasteiger partial charge in [-0.15, -0.1) is 0 Å². The van der Waals surface area contributed by atoms with Crippen LogP contribution in [0.5, 0.6) is 0 Å². The molecule has 0 aliphatic rings. The number of hydrogen-bond acceptors (Lipinski definition) is 9. The molecule has 9 nitrogen and oxygen atoms in total. The second-order valence-corrected chi connectivity index (χ2v) is 9.77. The van der Waals surface area contributed by atoms with Gasteiger partial charge in [-0.25, -0.2) is 0 Å². The average molecular weight is 516 g/mol. The van der Waals surface area contributed by atoms with Gasteiger partial charge in [-0.05, 0) is 31.5 Å². The van der Waals surface area contributed by atoms with Gasteiger partial charge in [0.15, 0.2) is 0 Å². The Morgan fingerprint density at radius 3 is 2.09 bits per heavy atom. The van der Waals surface area contributed by atoms with Crippen LogP contribution in [0, 0.1) is 0 Å². The molecule has 0 radical (unpaired) electrons. The van der Waals surface area contributed by atoms with Gasteiger partial charge < -0.3 is 30.6 Å². The molecule has 0 aliphatic heterocycles. The number of amides is 2. The molecule has 4 N–H and O–H groups in total. The summed E-state index contributed by atoms with van der Waals surface area (Å²) in [4.78, 5) is 34.5. The van der Waals surface area contributed by atoms with Gasteiger partial charge in [0.25, 0.3) is 5.91 Å². The Kier molecular flexibility index (Phi) is 19.6. The molecule has 0 saturated heterocycles. The summed E-state index contributed by atoms with van der Waals surface area (Å²) >= 11 is 0. The van der Waals surface area contributed by atoms with Crippen molar-refractivity contribution in [2.75, 3.05) is 70.8 Å². The highest BCUT2D eigenvalue weighted by Gasteiger charge is 2.05. The van der Waals surface area contributed by atoms with Crippen LogP contribution in [-0.2, 0) is 19.0 Å². The molecule has 0 aliphatic carbocycles. The van der Waals surface area contributed by atoms with Crippen molar-refractivity contribution in [3.63, 3.8) is 0 Å². The summed E-state index contributed by atoms with van der Waals surface area (Å²) in [7, 11) is 3.23. The largest absolute Gasteiger partial charge is 0.379 e. The summed E-state index contributed by atoms with van der Waals surface area (Å²) in [5.41, 5.74) is 6.44. The summed E-state index contributed by atoms with van der Waals surface area (Å²) in [6.45, 7) is 5.17. The van der Waals surface area contributed by atoms with Gasteiger partial charge in [0.1, 0.15) is 6.29 Å². The first-order chi connectivity index (χ1) is 16.7. The Morgan fingerprint density at radius 1 is 0.824 bits per heavy atom. The second-order valence-electron chi connectivity index (χ2n) is 7.07. The molecule has 1 rings (SSSR count). The zero-order valence-corrected chi connectivity index (χ0v) is 21.3. The number of nitrogens with two attached hydrogens (primary N) is 1. The molecule has 2 amide bonds. The van der Waals surface area contributed by atoms with E-state index in [2.05, 4.69) is 10.6 Å². The highest BCUT2D eigenvalue weighted by atomic mass is 33.1. The van der Waals surface area contributed by atoms with Gasteiger partial charge in [0.2, 0.25) is 5.91 Å². The lowest BCUT2D eigenvalue weighted by Gasteiger charge is -2.08. The smallest absolute Gasteiger partial charge is 0.251 e. The number of ether oxygens (including phenoxy) is 3. The van der Waals surface area contributed by atoms with Crippen LogP contribution in [0.3, 0.4) is 0 Å². The maximum absolute atomic E-state index is 12.0. The van der Waals surface area contributed by atoms with Crippen LogP contribution in [0.2, 0.25) is 0 Å². The molecule has 1 aromatic carbocycles. The van der Waals surface area contributed by atoms with Crippen LogP contribution in [-0.4, -0.2) is 88.9 Å². The van der Waals surface area contributed by atoms with Gasteiger partial charge >= 0.3 is 0 Å². The molecule has 0 spiro atoms. The van der Waals surface area contributed by atoms with Gasteiger partial charge in [0.05, 0.1) is 26.4 Å². The van der Waals surface area contributed by atoms with E-state index in [1.165, 1.54) is 0 Å². The Balaban J connectivity index is 1.84. The topological polar surface area (TPSA) is 129 Å². The molecule has 34 heavy (non-hydrogen) atoms. The molecule has 0 heterocycles. The number of aldehydes is 1. The van der Waals surface area contributed by atoms with Crippen molar-refractivity contribution in [1.82, 2.24) is 10.6 Å². The Hall–Kier alpha value is -1.63. The highest BCUT2D eigenvalue weighted by Crippen LogP contribution is 2.21. The third-order valence-corrected chi connectivity index (χ3v) is 6.71. The van der Waals surface area contributed by atoms with Gasteiger partial charge in [0, 0.05) is 55.4 Å². The van der Waals surface area contributed by atoms with Crippen LogP contribution in [0.4, 0.5) is 0 Å². The summed E-state index contributed by atoms with van der Waals surface area (Å²) < 4.78 is 16.2. The Bertz CT molecular complexity index is 679. The molecule has 192 valence electrons. The quantitative estimate of drug-likeness (QED) is 0.120. The fraction of sp³-hybridized carbons (Fsp3) is 0.609. The number of nitrogens with one attached hydrogen (secondary N) is 2. The second kappa shape index (κ2) is 21.9. The fourth-order valence-corrected chi connectivity index (χ4v) is 4.39. The zero-order chi connectivity index (χ0) is 24.7. The lowest BCUT2D eigenvalue weighted by atomic mass is 10.1. The number of carbonyl (C=O) groups excluding carboxylic acids is 3. The monoisotopic (exact) mass is 515 g/mol. The lowest BCUT2D eigenvalue weighted by Crippen LogP contribution is -2.26. The fourth-order valence-electron chi connectivity index (χ4n) is 2.49. The van der Waals surface area contributed by atoms with E-state index in [1.807, 2.05) is 0 Å². The van der Waals surface area contributed by atoms with Crippen molar-refractivity contribution in [2.24, 2.45) is 5.73 Å². The molecule has 0 atom stereocenters. The molecule has 11 heteroatoms. The summed E-state index contributed by atoms with van der Waals surface area (Å²) in [6, 6.07) is 6.49. The first-order valence-electron chi connectivity index (χ1n) is 11.4. The van der Waals surface area contributed by atoms with Crippen LogP contribution in [0.15, 0.2) is 24.3 Å². The summed E-state index contributed by atoms with van der Waals surface area (Å²) in [6.07, 6.45) is 2.82. The van der Waals surface area contributed by atoms with Crippen LogP contribution in [0.25, 0.3) is 0 Å². The third kappa shape index (κ3) is 16.9. The molecular weight excluding hydrogens is 478 g/mol. The normalized spacial score (nSPS) is 10.7. The predicted molar refractivity (Wildman–Crippen MR) is 137 cm³/mol. The van der Waals surface area contributed by atoms with E-state index in [1.54, 1.807) is 45.9 Å². The van der Waals surface area contributed by atoms with E-state index in [4.69, 9.17) is 19.9 Å². The number of rotatable bonds is 22. The van der Waals surface area contributed by atoms with E-state index in [0.29, 0.717) is 82.6 Å². The first-order valence-corrected chi connectivity index (χ1v) is 13.9. The van der Waals surface area contributed by atoms with Crippen molar-refractivity contribution in [2.45, 2.75) is 19.3 Å². The van der Waals surface area contributed by atoms with Gasteiger partial charge in [-0.3, -0.25) is 14.4 Å². The highest BCUT2D eigenvalue weighted by molar-refractivity contribution is 8.76. The maximum atomic E-state index is 12.0. The Labute approximate surface area is 210 Å². The van der Waals surface area contributed by atoms with E-state index in [9.17, 15) is 14.4 Å². The standard InChI is InChI=1S/C23H37N3O6S2/c24-8-1-11-30-13-15-32-16-14-31-12-2-9-25-22(28)7-17-33-34-18-10-26-23(29)21-5-3-20(19-27)4-6-21/h3-6,19H,1-2,7-18,24H2,(H,25,28)(H,26,29). The predicted octanol–water partition coefficient (Wildman–Crippen LogP) is 1.91. The van der Waals surface area contributed by atoms with Crippen molar-refractivity contribution >= 4 is 39.7 Å². The summed E-state index contributed by atoms with van der Waals surface area (Å²) in [5, 5.41) is 5.72. The summed E-state index contributed by atoms with van der Waals surface area (Å²) in [5.74, 6) is 1.31. The zero-order valence-electron chi connectivity index (χ0n) is 19.6. The van der Waals surface area contributed by atoms with Crippen LogP contribution in [0.1, 0.15) is 40.0 Å². The maximum Gasteiger partial charge on any atom is 0.251 e. The Morgan fingerprint density at radius 2 is 1.44 bits per heavy atom. The van der Waals surface area contributed by atoms with Gasteiger partial charge in [-0.1, -0.05) is 33.7 Å². The van der Waals surface area contributed by atoms with Crippen LogP contribution < -0.4 is 16.4 Å². The van der Waals surface area contributed by atoms with Crippen LogP contribution >= 0.6 is 21.6 Å². The van der Waals surface area contributed by atoms with Crippen molar-refractivity contribution < 1.29 is 28.6 Å². The van der Waals surface area contributed by atoms with Crippen molar-refractivity contribution in [3.8, 4) is 0 Å². The number of carbonyl (C=O) groups is 3. The van der Waals surface area contributed by atoms with Crippen molar-refractivity contribution in [3.05, 3.63) is 35.4 Å².